The Hall–Kier alpha value is -13.1. The van der Waals surface area contributed by atoms with Gasteiger partial charge in [-0.15, -0.1) is 0 Å². The van der Waals surface area contributed by atoms with E-state index in [4.69, 9.17) is 43.0 Å². The van der Waals surface area contributed by atoms with Crippen molar-refractivity contribution in [1.82, 2.24) is 50.4 Å². The molecule has 0 aliphatic carbocycles. The second-order valence-corrected chi connectivity index (χ2v) is 35.4. The van der Waals surface area contributed by atoms with Crippen molar-refractivity contribution in [2.45, 2.75) is 128 Å². The summed E-state index contributed by atoms with van der Waals surface area (Å²) in [6.45, 7) is 17.2. The Morgan fingerprint density at radius 1 is 0.448 bits per heavy atom. The Labute approximate surface area is 828 Å². The number of aliphatic carboxylic acids is 1. The van der Waals surface area contributed by atoms with E-state index in [-0.39, 0.29) is 160 Å². The average Bonchev–Trinajstić information content (AvgIpc) is 0.984. The zero-order valence-electron chi connectivity index (χ0n) is 80.8. The summed E-state index contributed by atoms with van der Waals surface area (Å²) in [7, 11) is 3.96. The first-order valence-electron chi connectivity index (χ1n) is 47.5. The number of fused-ring (bicyclic) bond motifs is 2. The molecule has 4 fully saturated rings. The molecule has 10 N–H and O–H groups in total. The van der Waals surface area contributed by atoms with Crippen LogP contribution in [0.4, 0.5) is 69.2 Å². The number of carbonyl (C=O) groups is 12. The number of H-pyrrole nitrogens is 2. The van der Waals surface area contributed by atoms with E-state index in [1.807, 2.05) is 57.7 Å². The monoisotopic (exact) mass is 2040 g/mol. The number of rotatable bonds is 42. The van der Waals surface area contributed by atoms with Crippen molar-refractivity contribution in [2.24, 2.45) is 0 Å². The van der Waals surface area contributed by atoms with E-state index in [0.717, 1.165) is 21.6 Å². The summed E-state index contributed by atoms with van der Waals surface area (Å²) in [6.07, 6.45) is -3.69. The van der Waals surface area contributed by atoms with Crippen LogP contribution in [0.25, 0.3) is 11.1 Å². The van der Waals surface area contributed by atoms with Crippen molar-refractivity contribution in [2.75, 3.05) is 216 Å². The molecule has 0 bridgehead atoms. The molecule has 145 heavy (non-hydrogen) atoms. The molecular formula is C98H118F8N16O23. The van der Waals surface area contributed by atoms with Crippen LogP contribution in [0.2, 0.25) is 0 Å². The predicted molar refractivity (Wildman–Crippen MR) is 512 cm³/mol. The van der Waals surface area contributed by atoms with Gasteiger partial charge in [-0.3, -0.25) is 97.4 Å². The van der Waals surface area contributed by atoms with Gasteiger partial charge in [-0.25, -0.2) is 8.78 Å². The number of pyridine rings is 2. The molecule has 47 heteroatoms. The number of carboxylic acid groups (broad SMARTS) is 1. The highest BCUT2D eigenvalue weighted by molar-refractivity contribution is 6.27. The summed E-state index contributed by atoms with van der Waals surface area (Å²) in [6, 6.07) is 14.2. The first-order valence-corrected chi connectivity index (χ1v) is 47.5. The molecule has 8 aliphatic heterocycles. The van der Waals surface area contributed by atoms with Gasteiger partial charge >= 0.3 is 18.3 Å². The highest BCUT2D eigenvalue weighted by atomic mass is 19.4. The molecule has 8 aliphatic rings. The van der Waals surface area contributed by atoms with Gasteiger partial charge in [0.25, 0.3) is 35.4 Å². The lowest BCUT2D eigenvalue weighted by molar-refractivity contribution is -0.139. The third-order valence-corrected chi connectivity index (χ3v) is 25.5. The quantitative estimate of drug-likeness (QED) is 0.00999. The van der Waals surface area contributed by atoms with Crippen molar-refractivity contribution in [3.63, 3.8) is 0 Å². The lowest BCUT2D eigenvalue weighted by Crippen LogP contribution is -2.55. The van der Waals surface area contributed by atoms with Crippen molar-refractivity contribution in [3.05, 3.63) is 185 Å². The maximum Gasteiger partial charge on any atom is 0.417 e. The van der Waals surface area contributed by atoms with E-state index in [1.165, 1.54) is 36.4 Å². The fourth-order valence-corrected chi connectivity index (χ4v) is 17.6. The summed E-state index contributed by atoms with van der Waals surface area (Å²) < 4.78 is 157. The lowest BCUT2D eigenvalue weighted by atomic mass is 9.96. The Bertz CT molecular complexity index is 5900. The van der Waals surface area contributed by atoms with Crippen LogP contribution in [-0.2, 0) is 79.0 Å². The molecule has 4 saturated heterocycles. The number of imide groups is 4. The van der Waals surface area contributed by atoms with Gasteiger partial charge in [0.2, 0.25) is 40.7 Å². The number of nitrogens with zero attached hydrogens (tertiary/aromatic N) is 7. The number of carbonyl (C=O) groups excluding carboxylic acids is 11. The summed E-state index contributed by atoms with van der Waals surface area (Å²) in [5.41, 5.74) is -1.85. The Morgan fingerprint density at radius 2 is 0.828 bits per heavy atom. The Morgan fingerprint density at radius 3 is 1.19 bits per heavy atom. The maximum atomic E-state index is 16.1. The second-order valence-electron chi connectivity index (χ2n) is 35.4. The lowest BCUT2D eigenvalue weighted by Gasteiger charge is -2.44. The van der Waals surface area contributed by atoms with Crippen LogP contribution in [0.3, 0.4) is 0 Å². The van der Waals surface area contributed by atoms with Crippen molar-refractivity contribution in [1.29, 1.82) is 0 Å². The number of ether oxygens (including phenoxy) is 8. The van der Waals surface area contributed by atoms with E-state index in [2.05, 4.69) is 57.0 Å². The highest BCUT2D eigenvalue weighted by Gasteiger charge is 2.49. The molecule has 2 unspecified atom stereocenters. The number of anilines is 6. The molecule has 0 radical (unpaired) electrons. The first-order chi connectivity index (χ1) is 69.3. The fraction of sp³-hybridized carbons (Fsp3) is 0.490. The largest absolute Gasteiger partial charge is 0.481 e. The minimum absolute atomic E-state index is 0.0315. The van der Waals surface area contributed by atoms with Crippen LogP contribution in [0.1, 0.15) is 163 Å². The van der Waals surface area contributed by atoms with E-state index < -0.39 is 134 Å². The van der Waals surface area contributed by atoms with Crippen LogP contribution in [0.5, 0.6) is 0 Å². The first kappa shape index (κ1) is 111. The molecule has 0 saturated carbocycles. The van der Waals surface area contributed by atoms with Gasteiger partial charge in [0.05, 0.1) is 186 Å². The van der Waals surface area contributed by atoms with Gasteiger partial charge in [0.1, 0.15) is 23.7 Å². The van der Waals surface area contributed by atoms with Crippen LogP contribution in [0, 0.1) is 11.6 Å². The molecule has 784 valence electrons. The molecule has 2 aromatic heterocycles. The molecular weight excluding hydrogens is 1920 g/mol. The number of piperidine rings is 2. The molecule has 0 spiro atoms. The SMILES string of the molecule is C[C@@H]1CN(c2cc(F)c(C3=CCN(C(=O)CCOCCOCCOCCOCCNc4cccc5c4C(=O)N(C4CCC(=O)NC4=O)C5=O)CC3)cc2NC(=O)c2c[nH]c(=O)cc2C(F)(F)F)C[C@H](C)N1C.C[C@@H]1CN(c2cc(F)c(C3=CCNCC3)cc2NC(=O)c2c[nH]c(=O)cc2C(F)(F)F)C[C@H](C)N1C.O=C(O)CCOCCOCCOCCOCCNc1cccc2c1C(=O)N(C1CCC(=O)NC1=O)C2=O. The van der Waals surface area contributed by atoms with Gasteiger partial charge in [0, 0.05) is 143 Å². The maximum absolute atomic E-state index is 16.1. The number of aromatic nitrogens is 2. The van der Waals surface area contributed by atoms with Crippen LogP contribution in [-0.4, -0.2) is 332 Å². The number of hydrogen-bond acceptors (Lipinski definition) is 29. The molecule has 6 atom stereocenters. The molecule has 39 nitrogen and oxygen atoms in total. The zero-order valence-corrected chi connectivity index (χ0v) is 80.8. The number of benzene rings is 4. The van der Waals surface area contributed by atoms with E-state index in [0.29, 0.717) is 184 Å². The van der Waals surface area contributed by atoms with Crippen LogP contribution >= 0.6 is 0 Å². The minimum Gasteiger partial charge on any atom is -0.481 e. The molecule has 6 aromatic rings. The molecule has 14 rings (SSSR count). The van der Waals surface area contributed by atoms with Crippen LogP contribution < -0.4 is 58.1 Å². The Balaban J connectivity index is 0.000000214. The summed E-state index contributed by atoms with van der Waals surface area (Å²) in [5, 5.41) is 27.4. The van der Waals surface area contributed by atoms with Crippen LogP contribution in [0.15, 0.2) is 107 Å². The summed E-state index contributed by atoms with van der Waals surface area (Å²) in [4.78, 5) is 189. The average molecular weight is 2040 g/mol. The Kier molecular flexibility index (Phi) is 39.4. The predicted octanol–water partition coefficient (Wildman–Crippen LogP) is 7.63. The van der Waals surface area contributed by atoms with Crippen molar-refractivity contribution >= 4 is 116 Å². The highest BCUT2D eigenvalue weighted by Crippen LogP contribution is 2.42. The second kappa shape index (κ2) is 51.6. The number of piperazine rings is 2. The zero-order chi connectivity index (χ0) is 105. The third kappa shape index (κ3) is 29.2. The van der Waals surface area contributed by atoms with Crippen molar-refractivity contribution < 1.29 is 136 Å². The third-order valence-electron chi connectivity index (χ3n) is 25.5. The number of aromatic amines is 2. The number of halogens is 8. The number of alkyl halides is 6. The van der Waals surface area contributed by atoms with Gasteiger partial charge in [-0.1, -0.05) is 24.3 Å². The van der Waals surface area contributed by atoms with Gasteiger partial charge in [-0.05, 0) is 134 Å². The normalized spacial score (nSPS) is 19.4. The number of likely N-dealkylation sites (N-methyl/N-ethyl adjacent to an activating group) is 2. The fourth-order valence-electron chi connectivity index (χ4n) is 17.6. The molecule has 4 aromatic carbocycles. The summed E-state index contributed by atoms with van der Waals surface area (Å²) >= 11 is 0. The minimum atomic E-state index is -4.99. The van der Waals surface area contributed by atoms with Crippen molar-refractivity contribution in [3.8, 4) is 0 Å². The van der Waals surface area contributed by atoms with Gasteiger partial charge in [-0.2, -0.15) is 26.3 Å². The standard InChI is InChI=1S/C49H58F4N8O11.C25H29F4N5O2.C24H31N3O10/c1-29-27-60(28-30(2)58(29)3)40-25-36(50)33(23-38(40)56-45(65)34-26-55-42(63)24-35(34)49(51,52)53)31-9-13-59(14-10-31)43(64)11-15-69-17-19-71-21-22-72-20-18-70-16-12-54-37-6-4-5-32-44(37)48(68)61(47(32)67)39-7-8-41(62)57-46(39)66;1-14-12-34(13-15(2)33(14)3)22-10-20(26)17(16-4-6-30-7-5-16)8-21(22)32-24(36)18-11-31-23(35)9-19(18)25(27,28)29;28-19-5-4-18(22(31)26-19)27-23(32)16-2-1-3-17(21(16)24(27)33)25-7-9-35-11-13-37-15-14-36-12-10-34-8-6-20(29)30/h4-6,9,23-26,29-30,39,54H,7-8,10-22,27-28H2,1-3H3,(H,55,63)(H,56,65)(H,57,62,66);4,8-11,14-15,30H,5-7,12-13H2,1-3H3,(H,31,35)(H,32,36);1-3,18,25H,4-15H2,(H,29,30)(H,26,28,31)/t29-,30+,39?;14-,15+;. The van der Waals surface area contributed by atoms with Gasteiger partial charge < -0.3 is 94.3 Å². The smallest absolute Gasteiger partial charge is 0.417 e. The summed E-state index contributed by atoms with van der Waals surface area (Å²) in [5.74, 6) is -8.81. The molecule has 11 amide bonds. The molecule has 10 heterocycles. The topological polar surface area (TPSA) is 472 Å². The van der Waals surface area contributed by atoms with E-state index in [1.54, 1.807) is 35.2 Å². The number of nitrogens with one attached hydrogen (secondary N) is 9. The van der Waals surface area contributed by atoms with Gasteiger partial charge in [0.15, 0.2) is 0 Å². The number of amides is 11. The van der Waals surface area contributed by atoms with E-state index >= 15 is 8.78 Å². The number of hydrogen-bond donors (Lipinski definition) is 10. The number of carboxylic acids is 1. The van der Waals surface area contributed by atoms with E-state index in [9.17, 15) is 93.5 Å².